The van der Waals surface area contributed by atoms with Gasteiger partial charge in [-0.15, -0.1) is 0 Å². The van der Waals surface area contributed by atoms with Gasteiger partial charge in [0.05, 0.1) is 0 Å². The Morgan fingerprint density at radius 2 is 1.92 bits per heavy atom. The summed E-state index contributed by atoms with van der Waals surface area (Å²) >= 11 is 0. The first-order valence-electron chi connectivity index (χ1n) is 2.36. The van der Waals surface area contributed by atoms with E-state index in [-0.39, 0.29) is 40.1 Å². The van der Waals surface area contributed by atoms with Gasteiger partial charge < -0.3 is 27.8 Å². The molecule has 0 unspecified atom stereocenters. The van der Waals surface area contributed by atoms with E-state index in [1.54, 1.807) is 5.32 Å². The van der Waals surface area contributed by atoms with Crippen LogP contribution in [0, 0.1) is 7.43 Å². The molecule has 0 spiro atoms. The minimum atomic E-state index is -2.70. The van der Waals surface area contributed by atoms with Crippen molar-refractivity contribution in [2.45, 2.75) is 13.0 Å². The zero-order valence-electron chi connectivity index (χ0n) is 6.79. The molecule has 0 fully saturated rings. The molecular formula is C5H10N2O4Y-2. The average Bonchev–Trinajstić information content (AvgIpc) is 1.59. The number of nitrogens with one attached hydrogen (secondary N) is 2. The van der Waals surface area contributed by atoms with Crippen LogP contribution in [0.4, 0.5) is 0 Å². The van der Waals surface area contributed by atoms with Crippen molar-refractivity contribution in [1.29, 1.82) is 0 Å². The summed E-state index contributed by atoms with van der Waals surface area (Å²) in [5, 5.41) is 20.1. The van der Waals surface area contributed by atoms with Crippen molar-refractivity contribution in [3.8, 4) is 0 Å². The topological polar surface area (TPSA) is 98.7 Å². The second-order valence-corrected chi connectivity index (χ2v) is 1.58. The first-order chi connectivity index (χ1) is 4.48. The van der Waals surface area contributed by atoms with Gasteiger partial charge in [0.15, 0.2) is 0 Å². The molecule has 1 radical (unpaired) electrons. The second kappa shape index (κ2) is 7.60. The maximum Gasteiger partial charge on any atom is 0.306 e. The molecule has 0 atom stereocenters. The maximum absolute atomic E-state index is 10.1. The van der Waals surface area contributed by atoms with E-state index in [2.05, 4.69) is 0 Å². The van der Waals surface area contributed by atoms with Crippen LogP contribution >= 0.6 is 0 Å². The van der Waals surface area contributed by atoms with E-state index in [1.165, 1.54) is 5.32 Å². The minimum Gasteiger partial charge on any atom is -0.520 e. The van der Waals surface area contributed by atoms with Crippen molar-refractivity contribution in [3.05, 3.63) is 7.43 Å². The molecule has 0 aromatic rings. The van der Waals surface area contributed by atoms with Crippen molar-refractivity contribution in [1.82, 2.24) is 10.6 Å². The third-order valence-corrected chi connectivity index (χ3v) is 0.576. The van der Waals surface area contributed by atoms with Crippen LogP contribution in [0.25, 0.3) is 0 Å². The summed E-state index contributed by atoms with van der Waals surface area (Å²) in [6, 6.07) is -2.70. The predicted octanol–water partition coefficient (Wildman–Crippen LogP) is -2.18. The Labute approximate surface area is 95.6 Å². The molecule has 69 valence electrons. The molecule has 6 nitrogen and oxygen atoms in total. The molecule has 12 heavy (non-hydrogen) atoms. The standard InChI is InChI=1S/C4H7N2O4.CH3.Y/c1-3(8)6-4(9,10)5-2-7;;/h9-10H,1H3,(H,5,7)(H,6,8);1H3;/q2*-1;. The predicted molar refractivity (Wildman–Crippen MR) is 36.2 cm³/mol. The van der Waals surface area contributed by atoms with Crippen molar-refractivity contribution < 1.29 is 52.5 Å². The van der Waals surface area contributed by atoms with Gasteiger partial charge >= 0.3 is 6.03 Å². The summed E-state index contributed by atoms with van der Waals surface area (Å²) in [5.41, 5.74) is 0. The van der Waals surface area contributed by atoms with Crippen molar-refractivity contribution >= 4 is 12.3 Å². The number of rotatable bonds is 3. The van der Waals surface area contributed by atoms with Crippen LogP contribution in [-0.2, 0) is 42.3 Å². The summed E-state index contributed by atoms with van der Waals surface area (Å²) in [4.78, 5) is 19.6. The Morgan fingerprint density at radius 3 is 2.17 bits per heavy atom. The van der Waals surface area contributed by atoms with Gasteiger partial charge in [-0.3, -0.25) is 10.1 Å². The van der Waals surface area contributed by atoms with Crippen molar-refractivity contribution in [2.24, 2.45) is 0 Å². The number of carbonyl (C=O) groups is 1. The Morgan fingerprint density at radius 1 is 1.50 bits per heavy atom. The number of hydrogen-bond acceptors (Lipinski definition) is 4. The Bertz CT molecular complexity index is 150. The molecule has 0 saturated heterocycles. The fourth-order valence-corrected chi connectivity index (χ4v) is 0.348. The van der Waals surface area contributed by atoms with Gasteiger partial charge in [0.25, 0.3) is 0 Å². The summed E-state index contributed by atoms with van der Waals surface area (Å²) < 4.78 is 0. The number of amides is 2. The number of carbonyl (C=O) groups excluding carboxylic acids is 2. The average molecular weight is 251 g/mol. The molecule has 0 aromatic carbocycles. The van der Waals surface area contributed by atoms with Gasteiger partial charge in [-0.05, 0) is 0 Å². The molecule has 0 aliphatic heterocycles. The van der Waals surface area contributed by atoms with Crippen LogP contribution in [0.1, 0.15) is 6.92 Å². The van der Waals surface area contributed by atoms with E-state index in [9.17, 15) is 9.59 Å². The van der Waals surface area contributed by atoms with Gasteiger partial charge in [-0.2, -0.15) is 6.41 Å². The first kappa shape index (κ1) is 17.9. The SMILES string of the molecule is CC(=O)NC(O)(O)N[C-]=O.[CH3-].[Y]. The van der Waals surface area contributed by atoms with Gasteiger partial charge in [-0.25, -0.2) is 0 Å². The molecule has 0 rings (SSSR count). The molecule has 0 aromatic heterocycles. The summed E-state index contributed by atoms with van der Waals surface area (Å²) in [6.07, 6.45) is 0.999. The third-order valence-electron chi connectivity index (χ3n) is 0.576. The fourth-order valence-electron chi connectivity index (χ4n) is 0.348. The molecule has 0 heterocycles. The van der Waals surface area contributed by atoms with E-state index in [0.29, 0.717) is 0 Å². The molecule has 0 aliphatic rings. The molecule has 4 N–H and O–H groups in total. The van der Waals surface area contributed by atoms with E-state index in [0.717, 1.165) is 13.3 Å². The van der Waals surface area contributed by atoms with Crippen LogP contribution in [-0.4, -0.2) is 28.6 Å². The normalized spacial score (nSPS) is 8.58. The Kier molecular flexibility index (Phi) is 11.3. The van der Waals surface area contributed by atoms with E-state index in [1.807, 2.05) is 0 Å². The van der Waals surface area contributed by atoms with Crippen LogP contribution in [0.2, 0.25) is 0 Å². The maximum atomic E-state index is 10.1. The van der Waals surface area contributed by atoms with Gasteiger partial charge in [0, 0.05) is 39.6 Å². The van der Waals surface area contributed by atoms with Crippen molar-refractivity contribution in [2.75, 3.05) is 0 Å². The number of aliphatic hydroxyl groups is 2. The Hall–Kier alpha value is -0.0361. The summed E-state index contributed by atoms with van der Waals surface area (Å²) in [7, 11) is 0. The molecule has 0 saturated carbocycles. The van der Waals surface area contributed by atoms with Crippen LogP contribution in [0.5, 0.6) is 0 Å². The quantitative estimate of drug-likeness (QED) is 0.260. The number of hydrogen-bond donors (Lipinski definition) is 4. The zero-order valence-corrected chi connectivity index (χ0v) is 9.63. The Balaban J connectivity index is -0.000000405. The summed E-state index contributed by atoms with van der Waals surface area (Å²) in [6.45, 7) is 1.06. The van der Waals surface area contributed by atoms with E-state index >= 15 is 0 Å². The molecule has 2 amide bonds. The molecule has 0 bridgehead atoms. The fraction of sp³-hybridized carbons (Fsp3) is 0.400. The molecule has 0 aliphatic carbocycles. The van der Waals surface area contributed by atoms with Gasteiger partial charge in [-0.1, -0.05) is 0 Å². The molecular weight excluding hydrogens is 241 g/mol. The minimum absolute atomic E-state index is 0. The first-order valence-corrected chi connectivity index (χ1v) is 2.36. The van der Waals surface area contributed by atoms with E-state index in [4.69, 9.17) is 10.2 Å². The monoisotopic (exact) mass is 251 g/mol. The van der Waals surface area contributed by atoms with Gasteiger partial charge in [0.1, 0.15) is 0 Å². The van der Waals surface area contributed by atoms with Crippen molar-refractivity contribution in [3.63, 3.8) is 0 Å². The van der Waals surface area contributed by atoms with Crippen LogP contribution < -0.4 is 10.6 Å². The van der Waals surface area contributed by atoms with Gasteiger partial charge in [0.2, 0.25) is 5.91 Å². The van der Waals surface area contributed by atoms with Crippen LogP contribution in [0.15, 0.2) is 0 Å². The summed E-state index contributed by atoms with van der Waals surface area (Å²) in [5.74, 6) is -0.687. The van der Waals surface area contributed by atoms with Crippen LogP contribution in [0.3, 0.4) is 0 Å². The largest absolute Gasteiger partial charge is 0.520 e. The third kappa shape index (κ3) is 9.96. The zero-order chi connectivity index (χ0) is 8.20. The molecule has 7 heteroatoms. The van der Waals surface area contributed by atoms with E-state index < -0.39 is 11.9 Å². The second-order valence-electron chi connectivity index (χ2n) is 1.58. The smallest absolute Gasteiger partial charge is 0.306 e.